The van der Waals surface area contributed by atoms with Crippen LogP contribution < -0.4 is 15.4 Å². The molecular formula is C11H14N2O4. The van der Waals surface area contributed by atoms with E-state index in [1.807, 2.05) is 0 Å². The van der Waals surface area contributed by atoms with E-state index in [2.05, 4.69) is 10.6 Å². The molecule has 1 aromatic carbocycles. The molecule has 0 aliphatic heterocycles. The number of benzene rings is 1. The molecule has 0 saturated heterocycles. The van der Waals surface area contributed by atoms with E-state index in [4.69, 9.17) is 9.84 Å². The lowest BCUT2D eigenvalue weighted by Crippen LogP contribution is -2.25. The number of carboxylic acid groups (broad SMARTS) is 1. The summed E-state index contributed by atoms with van der Waals surface area (Å²) in [5.41, 5.74) is 0.429. The first-order chi connectivity index (χ1) is 8.08. The minimum absolute atomic E-state index is 0.0885. The van der Waals surface area contributed by atoms with Crippen molar-refractivity contribution < 1.29 is 19.4 Å². The van der Waals surface area contributed by atoms with E-state index in [1.54, 1.807) is 7.05 Å². The number of aromatic carboxylic acids is 1. The number of carbonyl (C=O) groups excluding carboxylic acids is 1. The van der Waals surface area contributed by atoms with E-state index in [-0.39, 0.29) is 18.0 Å². The summed E-state index contributed by atoms with van der Waals surface area (Å²) in [6.07, 6.45) is 0. The topological polar surface area (TPSA) is 87.7 Å². The molecule has 1 amide bonds. The van der Waals surface area contributed by atoms with Crippen molar-refractivity contribution in [2.75, 3.05) is 26.0 Å². The number of carbonyl (C=O) groups is 2. The average Bonchev–Trinajstić information content (AvgIpc) is 2.29. The Morgan fingerprint density at radius 1 is 1.41 bits per heavy atom. The highest BCUT2D eigenvalue weighted by molar-refractivity contribution is 5.96. The minimum Gasteiger partial charge on any atom is -0.495 e. The van der Waals surface area contributed by atoms with Crippen LogP contribution in [0.1, 0.15) is 10.4 Å². The van der Waals surface area contributed by atoms with Gasteiger partial charge in [0.05, 0.1) is 24.9 Å². The highest BCUT2D eigenvalue weighted by Crippen LogP contribution is 2.25. The van der Waals surface area contributed by atoms with E-state index in [0.29, 0.717) is 11.4 Å². The van der Waals surface area contributed by atoms with Crippen molar-refractivity contribution in [3.8, 4) is 5.75 Å². The Balaban J connectivity index is 2.97. The van der Waals surface area contributed by atoms with Crippen LogP contribution in [0.2, 0.25) is 0 Å². The molecular weight excluding hydrogens is 224 g/mol. The number of hydrogen-bond donors (Lipinski definition) is 3. The van der Waals surface area contributed by atoms with E-state index >= 15 is 0 Å². The van der Waals surface area contributed by atoms with Crippen LogP contribution in [0.3, 0.4) is 0 Å². The van der Waals surface area contributed by atoms with Crippen LogP contribution in [0, 0.1) is 0 Å². The van der Waals surface area contributed by atoms with Crippen LogP contribution in [0.15, 0.2) is 18.2 Å². The maximum absolute atomic E-state index is 11.4. The molecule has 92 valence electrons. The largest absolute Gasteiger partial charge is 0.495 e. The van der Waals surface area contributed by atoms with Gasteiger partial charge in [0.25, 0.3) is 0 Å². The summed E-state index contributed by atoms with van der Waals surface area (Å²) < 4.78 is 5.03. The van der Waals surface area contributed by atoms with Crippen molar-refractivity contribution in [1.82, 2.24) is 5.32 Å². The molecule has 0 saturated carbocycles. The summed E-state index contributed by atoms with van der Waals surface area (Å²) in [5, 5.41) is 14.1. The molecule has 1 aromatic rings. The van der Waals surface area contributed by atoms with Gasteiger partial charge in [-0.15, -0.1) is 0 Å². The maximum atomic E-state index is 11.4. The van der Waals surface area contributed by atoms with Crippen LogP contribution in [-0.2, 0) is 4.79 Å². The summed E-state index contributed by atoms with van der Waals surface area (Å²) >= 11 is 0. The van der Waals surface area contributed by atoms with Gasteiger partial charge in [-0.2, -0.15) is 0 Å². The highest BCUT2D eigenvalue weighted by atomic mass is 16.5. The Kier molecular flexibility index (Phi) is 4.47. The fourth-order valence-electron chi connectivity index (χ4n) is 1.29. The van der Waals surface area contributed by atoms with Crippen LogP contribution in [0.25, 0.3) is 0 Å². The number of hydrogen-bond acceptors (Lipinski definition) is 4. The van der Waals surface area contributed by atoms with Gasteiger partial charge in [-0.25, -0.2) is 4.79 Å². The average molecular weight is 238 g/mol. The first-order valence-electron chi connectivity index (χ1n) is 4.94. The number of ether oxygens (including phenoxy) is 1. The fraction of sp³-hybridized carbons (Fsp3) is 0.273. The molecule has 3 N–H and O–H groups in total. The Labute approximate surface area is 98.6 Å². The number of nitrogens with one attached hydrogen (secondary N) is 2. The molecule has 0 heterocycles. The predicted molar refractivity (Wildman–Crippen MR) is 62.5 cm³/mol. The summed E-state index contributed by atoms with van der Waals surface area (Å²) in [6.45, 7) is 0.139. The molecule has 0 aromatic heterocycles. The number of carboxylic acids is 1. The molecule has 0 spiro atoms. The summed E-state index contributed by atoms with van der Waals surface area (Å²) in [5.74, 6) is -0.912. The van der Waals surface area contributed by atoms with E-state index in [0.717, 1.165) is 0 Å². The van der Waals surface area contributed by atoms with Crippen molar-refractivity contribution in [3.05, 3.63) is 23.8 Å². The van der Waals surface area contributed by atoms with E-state index in [9.17, 15) is 9.59 Å². The lowest BCUT2D eigenvalue weighted by Gasteiger charge is -2.10. The second-order valence-corrected chi connectivity index (χ2v) is 3.30. The minimum atomic E-state index is -1.06. The van der Waals surface area contributed by atoms with Crippen molar-refractivity contribution in [1.29, 1.82) is 0 Å². The number of methoxy groups -OCH3 is 1. The Hall–Kier alpha value is -2.08. The molecule has 6 heteroatoms. The van der Waals surface area contributed by atoms with Crippen molar-refractivity contribution in [2.24, 2.45) is 0 Å². The van der Waals surface area contributed by atoms with E-state index in [1.165, 1.54) is 25.3 Å². The number of rotatable bonds is 5. The standard InChI is InChI=1S/C11H14N2O4/c1-12-6-10(14)13-8-5-7(11(15)16)3-4-9(8)17-2/h3-5,12H,6H2,1-2H3,(H,13,14)(H,15,16). The zero-order chi connectivity index (χ0) is 12.8. The molecule has 0 aliphatic carbocycles. The summed E-state index contributed by atoms with van der Waals surface area (Å²) in [7, 11) is 3.09. The molecule has 17 heavy (non-hydrogen) atoms. The Morgan fingerprint density at radius 3 is 2.65 bits per heavy atom. The number of likely N-dealkylation sites (N-methyl/N-ethyl adjacent to an activating group) is 1. The van der Waals surface area contributed by atoms with Crippen LogP contribution in [-0.4, -0.2) is 37.7 Å². The second kappa shape index (κ2) is 5.86. The third-order valence-electron chi connectivity index (χ3n) is 2.06. The Morgan fingerprint density at radius 2 is 2.12 bits per heavy atom. The maximum Gasteiger partial charge on any atom is 0.335 e. The highest BCUT2D eigenvalue weighted by Gasteiger charge is 2.10. The third kappa shape index (κ3) is 3.46. The normalized spacial score (nSPS) is 9.76. The van der Waals surface area contributed by atoms with Gasteiger partial charge in [0.1, 0.15) is 5.75 Å². The first-order valence-corrected chi connectivity index (χ1v) is 4.94. The van der Waals surface area contributed by atoms with Gasteiger partial charge in [-0.3, -0.25) is 4.79 Å². The van der Waals surface area contributed by atoms with Crippen LogP contribution >= 0.6 is 0 Å². The molecule has 0 unspecified atom stereocenters. The monoisotopic (exact) mass is 238 g/mol. The van der Waals surface area contributed by atoms with Crippen molar-refractivity contribution in [3.63, 3.8) is 0 Å². The smallest absolute Gasteiger partial charge is 0.335 e. The lowest BCUT2D eigenvalue weighted by molar-refractivity contribution is -0.115. The van der Waals surface area contributed by atoms with Crippen molar-refractivity contribution >= 4 is 17.6 Å². The first kappa shape index (κ1) is 13.0. The van der Waals surface area contributed by atoms with Gasteiger partial charge in [0, 0.05) is 0 Å². The molecule has 0 aliphatic rings. The third-order valence-corrected chi connectivity index (χ3v) is 2.06. The molecule has 0 atom stereocenters. The van der Waals surface area contributed by atoms with Gasteiger partial charge in [-0.05, 0) is 25.2 Å². The van der Waals surface area contributed by atoms with Gasteiger partial charge in [-0.1, -0.05) is 0 Å². The van der Waals surface area contributed by atoms with Gasteiger partial charge in [0.15, 0.2) is 0 Å². The van der Waals surface area contributed by atoms with Crippen LogP contribution in [0.4, 0.5) is 5.69 Å². The molecule has 0 radical (unpaired) electrons. The van der Waals surface area contributed by atoms with Crippen LogP contribution in [0.5, 0.6) is 5.75 Å². The zero-order valence-corrected chi connectivity index (χ0v) is 9.61. The lowest BCUT2D eigenvalue weighted by atomic mass is 10.2. The summed E-state index contributed by atoms with van der Waals surface area (Å²) in [6, 6.07) is 4.27. The van der Waals surface area contributed by atoms with Gasteiger partial charge < -0.3 is 20.5 Å². The van der Waals surface area contributed by atoms with Gasteiger partial charge >= 0.3 is 5.97 Å². The predicted octanol–water partition coefficient (Wildman–Crippen LogP) is 0.551. The SMILES string of the molecule is CNCC(=O)Nc1cc(C(=O)O)ccc1OC. The van der Waals surface area contributed by atoms with Crippen molar-refractivity contribution in [2.45, 2.75) is 0 Å². The molecule has 6 nitrogen and oxygen atoms in total. The zero-order valence-electron chi connectivity index (χ0n) is 9.61. The number of anilines is 1. The Bertz CT molecular complexity index is 431. The quantitative estimate of drug-likeness (QED) is 0.697. The van der Waals surface area contributed by atoms with Gasteiger partial charge in [0.2, 0.25) is 5.91 Å². The second-order valence-electron chi connectivity index (χ2n) is 3.30. The molecule has 0 fully saturated rings. The number of amides is 1. The van der Waals surface area contributed by atoms with E-state index < -0.39 is 5.97 Å². The molecule has 1 rings (SSSR count). The fourth-order valence-corrected chi connectivity index (χ4v) is 1.29. The summed E-state index contributed by atoms with van der Waals surface area (Å²) in [4.78, 5) is 22.2. The molecule has 0 bridgehead atoms.